The topological polar surface area (TPSA) is 69.7 Å². The molecule has 6 nitrogen and oxygen atoms in total. The minimum Gasteiger partial charge on any atom is -0.369 e. The first-order valence-corrected chi connectivity index (χ1v) is 8.12. The van der Waals surface area contributed by atoms with Crippen LogP contribution in [0.4, 0.5) is 5.82 Å². The Balaban J connectivity index is 1.86. The second-order valence-electron chi connectivity index (χ2n) is 6.23. The Labute approximate surface area is 139 Å². The van der Waals surface area contributed by atoms with Gasteiger partial charge in [0.05, 0.1) is 16.4 Å². The zero-order valence-electron chi connectivity index (χ0n) is 13.9. The van der Waals surface area contributed by atoms with Gasteiger partial charge in [0, 0.05) is 47.6 Å². The first-order valence-electron chi connectivity index (χ1n) is 8.12. The van der Waals surface area contributed by atoms with Crippen molar-refractivity contribution in [3.05, 3.63) is 36.9 Å². The molecule has 0 unspecified atom stereocenters. The molecule has 0 spiro atoms. The smallest absolute Gasteiger partial charge is 0.136 e. The van der Waals surface area contributed by atoms with Gasteiger partial charge in [0.25, 0.3) is 0 Å². The number of aromatic nitrogens is 4. The van der Waals surface area contributed by atoms with Gasteiger partial charge in [-0.05, 0) is 39.2 Å². The summed E-state index contributed by atoms with van der Waals surface area (Å²) >= 11 is 0. The molecule has 0 saturated carbocycles. The summed E-state index contributed by atoms with van der Waals surface area (Å²) in [6, 6.07) is 3.94. The molecule has 0 aromatic carbocycles. The lowest BCUT2D eigenvalue weighted by molar-refractivity contribution is 0.405. The number of hydrogen-bond donors (Lipinski definition) is 2. The Morgan fingerprint density at radius 3 is 2.71 bits per heavy atom. The third kappa shape index (κ3) is 2.55. The fraction of sp³-hybridized carbons (Fsp3) is 0.278. The number of nitrogens with zero attached hydrogens (tertiary/aromatic N) is 4. The molecule has 6 heteroatoms. The van der Waals surface area contributed by atoms with Crippen LogP contribution in [0.5, 0.6) is 0 Å². The van der Waals surface area contributed by atoms with E-state index in [0.29, 0.717) is 0 Å². The van der Waals surface area contributed by atoms with Crippen LogP contribution < -0.4 is 5.32 Å². The van der Waals surface area contributed by atoms with E-state index in [1.807, 2.05) is 24.5 Å². The van der Waals surface area contributed by atoms with Crippen LogP contribution in [0, 0.1) is 0 Å². The van der Waals surface area contributed by atoms with Crippen molar-refractivity contribution in [2.45, 2.75) is 6.42 Å². The van der Waals surface area contributed by atoms with Gasteiger partial charge in [-0.25, -0.2) is 4.98 Å². The van der Waals surface area contributed by atoms with Gasteiger partial charge in [-0.1, -0.05) is 0 Å². The number of rotatable bonds is 5. The highest BCUT2D eigenvalue weighted by atomic mass is 15.1. The highest BCUT2D eigenvalue weighted by molar-refractivity contribution is 6.19. The second-order valence-corrected chi connectivity index (χ2v) is 6.23. The van der Waals surface area contributed by atoms with Crippen molar-refractivity contribution in [2.24, 2.45) is 0 Å². The van der Waals surface area contributed by atoms with E-state index in [4.69, 9.17) is 4.98 Å². The quantitative estimate of drug-likeness (QED) is 0.553. The fourth-order valence-electron chi connectivity index (χ4n) is 3.07. The molecule has 0 aliphatic heterocycles. The second kappa shape index (κ2) is 6.05. The maximum absolute atomic E-state index is 4.83. The standard InChI is InChI=1S/C18H20N6/c1-24(2)9-3-6-21-18-16-12-10-19-7-4-14(12)22-17(16)13-11-20-8-5-15(13)23-18/h4-5,7-8,10-11,22H,3,6,9H2,1-2H3,(H,21,23). The average molecular weight is 320 g/mol. The van der Waals surface area contributed by atoms with E-state index in [1.165, 1.54) is 0 Å². The minimum absolute atomic E-state index is 0.879. The number of hydrogen-bond acceptors (Lipinski definition) is 5. The van der Waals surface area contributed by atoms with Gasteiger partial charge >= 0.3 is 0 Å². The Kier molecular flexibility index (Phi) is 3.74. The van der Waals surface area contributed by atoms with Gasteiger partial charge in [0.1, 0.15) is 5.82 Å². The number of fused-ring (bicyclic) bond motifs is 5. The van der Waals surface area contributed by atoms with Crippen LogP contribution in [0.15, 0.2) is 36.9 Å². The molecular weight excluding hydrogens is 300 g/mol. The lowest BCUT2D eigenvalue weighted by Crippen LogP contribution is -2.16. The van der Waals surface area contributed by atoms with Crippen molar-refractivity contribution >= 4 is 38.5 Å². The van der Waals surface area contributed by atoms with Gasteiger partial charge in [0.15, 0.2) is 0 Å². The van der Waals surface area contributed by atoms with Crippen LogP contribution in [0.1, 0.15) is 6.42 Å². The third-order valence-electron chi connectivity index (χ3n) is 4.21. The first-order chi connectivity index (χ1) is 11.7. The molecule has 0 fully saturated rings. The van der Waals surface area contributed by atoms with E-state index < -0.39 is 0 Å². The summed E-state index contributed by atoms with van der Waals surface area (Å²) in [7, 11) is 4.18. The normalized spacial score (nSPS) is 11.8. The molecule has 4 aromatic heterocycles. The summed E-state index contributed by atoms with van der Waals surface area (Å²) in [5.41, 5.74) is 3.06. The van der Waals surface area contributed by atoms with Gasteiger partial charge in [-0.15, -0.1) is 0 Å². The number of H-pyrrole nitrogens is 1. The highest BCUT2D eigenvalue weighted by Crippen LogP contribution is 2.34. The minimum atomic E-state index is 0.879. The molecule has 4 aromatic rings. The molecule has 0 bridgehead atoms. The average Bonchev–Trinajstić information content (AvgIpc) is 2.98. The van der Waals surface area contributed by atoms with Crippen molar-refractivity contribution in [1.82, 2.24) is 24.8 Å². The fourth-order valence-corrected chi connectivity index (χ4v) is 3.07. The monoisotopic (exact) mass is 320 g/mol. The molecule has 4 rings (SSSR count). The third-order valence-corrected chi connectivity index (χ3v) is 4.21. The van der Waals surface area contributed by atoms with Crippen LogP contribution in [-0.2, 0) is 0 Å². The SMILES string of the molecule is CN(C)CCCNc1nc2ccncc2c2[nH]c3ccncc3c12. The molecule has 4 heterocycles. The van der Waals surface area contributed by atoms with E-state index in [0.717, 1.165) is 58.0 Å². The van der Waals surface area contributed by atoms with E-state index in [2.05, 4.69) is 39.3 Å². The maximum Gasteiger partial charge on any atom is 0.136 e. The molecule has 0 radical (unpaired) electrons. The lowest BCUT2D eigenvalue weighted by atomic mass is 10.1. The summed E-state index contributed by atoms with van der Waals surface area (Å²) in [4.78, 5) is 19.1. The van der Waals surface area contributed by atoms with E-state index in [1.54, 1.807) is 12.4 Å². The molecule has 0 atom stereocenters. The number of pyridine rings is 3. The van der Waals surface area contributed by atoms with Gasteiger partial charge in [-0.2, -0.15) is 0 Å². The Morgan fingerprint density at radius 1 is 1.08 bits per heavy atom. The van der Waals surface area contributed by atoms with Crippen LogP contribution in [-0.4, -0.2) is 52.0 Å². The summed E-state index contributed by atoms with van der Waals surface area (Å²) in [6.07, 6.45) is 8.40. The molecular formula is C18H20N6. The molecule has 0 aliphatic carbocycles. The van der Waals surface area contributed by atoms with Crippen molar-refractivity contribution in [2.75, 3.05) is 32.5 Å². The van der Waals surface area contributed by atoms with Crippen LogP contribution in [0.25, 0.3) is 32.7 Å². The number of anilines is 1. The number of aromatic amines is 1. The zero-order valence-corrected chi connectivity index (χ0v) is 13.9. The Morgan fingerprint density at radius 2 is 1.88 bits per heavy atom. The predicted octanol–water partition coefficient (Wildman–Crippen LogP) is 3.02. The Bertz CT molecular complexity index is 1000. The summed E-state index contributed by atoms with van der Waals surface area (Å²) < 4.78 is 0. The van der Waals surface area contributed by atoms with Crippen molar-refractivity contribution in [1.29, 1.82) is 0 Å². The maximum atomic E-state index is 4.83. The van der Waals surface area contributed by atoms with Gasteiger partial charge in [0.2, 0.25) is 0 Å². The Hall–Kier alpha value is -2.73. The van der Waals surface area contributed by atoms with Gasteiger partial charge < -0.3 is 15.2 Å². The molecule has 0 aliphatic rings. The molecule has 0 saturated heterocycles. The lowest BCUT2D eigenvalue weighted by Gasteiger charge is -2.12. The summed E-state index contributed by atoms with van der Waals surface area (Å²) in [6.45, 7) is 1.92. The van der Waals surface area contributed by atoms with Crippen molar-refractivity contribution in [3.63, 3.8) is 0 Å². The molecule has 2 N–H and O–H groups in total. The summed E-state index contributed by atoms with van der Waals surface area (Å²) in [5.74, 6) is 0.904. The largest absolute Gasteiger partial charge is 0.369 e. The van der Waals surface area contributed by atoms with Crippen LogP contribution in [0.2, 0.25) is 0 Å². The highest BCUT2D eigenvalue weighted by Gasteiger charge is 2.14. The number of nitrogens with one attached hydrogen (secondary N) is 2. The summed E-state index contributed by atoms with van der Waals surface area (Å²) in [5, 5.41) is 6.71. The predicted molar refractivity (Wildman–Crippen MR) is 98.4 cm³/mol. The molecule has 122 valence electrons. The van der Waals surface area contributed by atoms with Gasteiger partial charge in [-0.3, -0.25) is 9.97 Å². The first kappa shape index (κ1) is 14.8. The van der Waals surface area contributed by atoms with Crippen molar-refractivity contribution < 1.29 is 0 Å². The van der Waals surface area contributed by atoms with Crippen LogP contribution >= 0.6 is 0 Å². The van der Waals surface area contributed by atoms with Crippen molar-refractivity contribution in [3.8, 4) is 0 Å². The van der Waals surface area contributed by atoms with E-state index in [-0.39, 0.29) is 0 Å². The molecule has 0 amide bonds. The molecule has 24 heavy (non-hydrogen) atoms. The van der Waals surface area contributed by atoms with Crippen LogP contribution in [0.3, 0.4) is 0 Å². The zero-order chi connectivity index (χ0) is 16.5. The van der Waals surface area contributed by atoms with E-state index >= 15 is 0 Å². The van der Waals surface area contributed by atoms with E-state index in [9.17, 15) is 0 Å².